The molecule has 0 aliphatic carbocycles. The van der Waals surface area contributed by atoms with Gasteiger partial charge in [0.1, 0.15) is 0 Å². The van der Waals surface area contributed by atoms with Crippen LogP contribution < -0.4 is 0 Å². The van der Waals surface area contributed by atoms with Crippen LogP contribution in [0.2, 0.25) is 0 Å². The average Bonchev–Trinajstić information content (AvgIpc) is 2.83. The van der Waals surface area contributed by atoms with Crippen LogP contribution in [0, 0.1) is 0 Å². The first-order chi connectivity index (χ1) is 11.6. The maximum absolute atomic E-state index is 12.4. The topological polar surface area (TPSA) is 60.9 Å². The molecule has 1 heterocycles. The van der Waals surface area contributed by atoms with E-state index in [1.165, 1.54) is 5.56 Å². The number of benzene rings is 1. The number of unbranched alkanes of at least 4 members (excludes halogenated alkanes) is 1. The molecule has 0 spiro atoms. The molecule has 1 saturated heterocycles. The van der Waals surface area contributed by atoms with Crippen LogP contribution in [-0.4, -0.2) is 59.5 Å². The van der Waals surface area contributed by atoms with Crippen LogP contribution in [-0.2, 0) is 16.0 Å². The van der Waals surface area contributed by atoms with Crippen molar-refractivity contribution in [3.8, 4) is 0 Å². The van der Waals surface area contributed by atoms with Crippen LogP contribution in [0.5, 0.6) is 0 Å². The molecule has 2 rings (SSSR count). The van der Waals surface area contributed by atoms with E-state index in [9.17, 15) is 9.59 Å². The van der Waals surface area contributed by atoms with Gasteiger partial charge in [0.05, 0.1) is 0 Å². The summed E-state index contributed by atoms with van der Waals surface area (Å²) < 4.78 is 0. The van der Waals surface area contributed by atoms with E-state index in [0.29, 0.717) is 6.42 Å². The average molecular weight is 369 g/mol. The summed E-state index contributed by atoms with van der Waals surface area (Å²) in [5.41, 5.74) is 1.21. The predicted molar refractivity (Wildman–Crippen MR) is 101 cm³/mol. The lowest BCUT2D eigenvalue weighted by molar-refractivity contribution is -0.137. The quantitative estimate of drug-likeness (QED) is 0.717. The summed E-state index contributed by atoms with van der Waals surface area (Å²) in [7, 11) is 0. The summed E-state index contributed by atoms with van der Waals surface area (Å²) >= 11 is 0. The molecule has 1 fully saturated rings. The summed E-state index contributed by atoms with van der Waals surface area (Å²) in [4.78, 5) is 27.3. The second kappa shape index (κ2) is 11.9. The van der Waals surface area contributed by atoms with Gasteiger partial charge in [0.25, 0.3) is 0 Å². The highest BCUT2D eigenvalue weighted by atomic mass is 35.5. The molecule has 0 aromatic heterocycles. The first-order valence-corrected chi connectivity index (χ1v) is 8.91. The Balaban J connectivity index is 0.00000312. The molecule has 0 unspecified atom stereocenters. The third kappa shape index (κ3) is 8.36. The summed E-state index contributed by atoms with van der Waals surface area (Å²) in [6, 6.07) is 10.1. The first-order valence-electron chi connectivity index (χ1n) is 8.91. The van der Waals surface area contributed by atoms with Gasteiger partial charge in [-0.1, -0.05) is 30.3 Å². The van der Waals surface area contributed by atoms with Gasteiger partial charge in [-0.05, 0) is 44.3 Å². The van der Waals surface area contributed by atoms with Crippen molar-refractivity contribution in [3.63, 3.8) is 0 Å². The minimum atomic E-state index is -0.721. The number of rotatable bonds is 8. The number of aliphatic carboxylic acids is 1. The lowest BCUT2D eigenvalue weighted by Gasteiger charge is -2.22. The van der Waals surface area contributed by atoms with Gasteiger partial charge in [-0.2, -0.15) is 0 Å². The maximum atomic E-state index is 12.4. The molecular formula is C19H29ClN2O3. The standard InChI is InChI=1S/C19H28N2O3.ClH/c22-18(11-10-17-7-2-1-3-8-17)21-14-6-13-20(15-16-21)12-5-4-9-19(23)24;/h1-3,7-8H,4-6,9-16H2,(H,23,24);1H. The van der Waals surface area contributed by atoms with Gasteiger partial charge in [0.2, 0.25) is 5.91 Å². The Bertz CT molecular complexity index is 525. The molecule has 1 aliphatic rings. The number of hydrogen-bond acceptors (Lipinski definition) is 3. The van der Waals surface area contributed by atoms with E-state index < -0.39 is 5.97 Å². The van der Waals surface area contributed by atoms with Crippen molar-refractivity contribution in [2.24, 2.45) is 0 Å². The van der Waals surface area contributed by atoms with Crippen LogP contribution in [0.3, 0.4) is 0 Å². The fourth-order valence-electron chi connectivity index (χ4n) is 3.11. The Morgan fingerprint density at radius 3 is 2.44 bits per heavy atom. The van der Waals surface area contributed by atoms with Gasteiger partial charge in [-0.25, -0.2) is 0 Å². The number of carboxylic acid groups (broad SMARTS) is 1. The predicted octanol–water partition coefficient (Wildman–Crippen LogP) is 2.83. The van der Waals surface area contributed by atoms with E-state index >= 15 is 0 Å². The van der Waals surface area contributed by atoms with Crippen molar-refractivity contribution in [1.29, 1.82) is 0 Å². The molecule has 25 heavy (non-hydrogen) atoms. The highest BCUT2D eigenvalue weighted by molar-refractivity contribution is 5.85. The van der Waals surface area contributed by atoms with Crippen LogP contribution in [0.1, 0.15) is 37.7 Å². The Hall–Kier alpha value is -1.59. The fraction of sp³-hybridized carbons (Fsp3) is 0.579. The van der Waals surface area contributed by atoms with Gasteiger partial charge in [0, 0.05) is 32.5 Å². The number of carbonyl (C=O) groups is 2. The van der Waals surface area contributed by atoms with Gasteiger partial charge in [-0.15, -0.1) is 12.4 Å². The Kier molecular flexibility index (Phi) is 10.2. The summed E-state index contributed by atoms with van der Waals surface area (Å²) in [6.07, 6.45) is 4.26. The molecule has 1 N–H and O–H groups in total. The van der Waals surface area contributed by atoms with Crippen molar-refractivity contribution < 1.29 is 14.7 Å². The molecule has 1 amide bonds. The Morgan fingerprint density at radius 2 is 1.72 bits per heavy atom. The maximum Gasteiger partial charge on any atom is 0.303 e. The monoisotopic (exact) mass is 368 g/mol. The molecule has 0 atom stereocenters. The van der Waals surface area contributed by atoms with E-state index in [2.05, 4.69) is 17.0 Å². The smallest absolute Gasteiger partial charge is 0.303 e. The van der Waals surface area contributed by atoms with Crippen LogP contribution in [0.25, 0.3) is 0 Å². The lowest BCUT2D eigenvalue weighted by Crippen LogP contribution is -2.35. The summed E-state index contributed by atoms with van der Waals surface area (Å²) in [6.45, 7) is 4.44. The Labute approximate surface area is 156 Å². The van der Waals surface area contributed by atoms with Crippen molar-refractivity contribution in [2.45, 2.75) is 38.5 Å². The minimum absolute atomic E-state index is 0. The first kappa shape index (κ1) is 21.5. The largest absolute Gasteiger partial charge is 0.481 e. The Morgan fingerprint density at radius 1 is 0.960 bits per heavy atom. The second-order valence-corrected chi connectivity index (χ2v) is 6.41. The molecule has 140 valence electrons. The van der Waals surface area contributed by atoms with E-state index in [0.717, 1.165) is 58.4 Å². The molecule has 5 nitrogen and oxygen atoms in total. The second-order valence-electron chi connectivity index (χ2n) is 6.41. The molecule has 0 radical (unpaired) electrons. The zero-order chi connectivity index (χ0) is 17.2. The van der Waals surface area contributed by atoms with E-state index in [1.54, 1.807) is 0 Å². The van der Waals surface area contributed by atoms with Crippen molar-refractivity contribution in [3.05, 3.63) is 35.9 Å². The van der Waals surface area contributed by atoms with Crippen LogP contribution in [0.15, 0.2) is 30.3 Å². The van der Waals surface area contributed by atoms with E-state index in [1.807, 2.05) is 23.1 Å². The SMILES string of the molecule is Cl.O=C(O)CCCCN1CCCN(C(=O)CCc2ccccc2)CC1. The molecule has 6 heteroatoms. The molecule has 1 aliphatic heterocycles. The number of hydrogen-bond donors (Lipinski definition) is 1. The zero-order valence-corrected chi connectivity index (χ0v) is 15.5. The summed E-state index contributed by atoms with van der Waals surface area (Å²) in [5, 5.41) is 8.67. The van der Waals surface area contributed by atoms with Crippen LogP contribution in [0.4, 0.5) is 0 Å². The van der Waals surface area contributed by atoms with E-state index in [-0.39, 0.29) is 24.7 Å². The molecule has 0 bridgehead atoms. The third-order valence-electron chi connectivity index (χ3n) is 4.53. The fourth-order valence-corrected chi connectivity index (χ4v) is 3.11. The molecular weight excluding hydrogens is 340 g/mol. The normalized spacial score (nSPS) is 15.3. The highest BCUT2D eigenvalue weighted by Gasteiger charge is 2.18. The number of carbonyl (C=O) groups excluding carboxylic acids is 1. The molecule has 1 aromatic rings. The summed E-state index contributed by atoms with van der Waals surface area (Å²) in [5.74, 6) is -0.479. The number of halogens is 1. The minimum Gasteiger partial charge on any atom is -0.481 e. The number of amides is 1. The highest BCUT2D eigenvalue weighted by Crippen LogP contribution is 2.09. The van der Waals surface area contributed by atoms with Crippen molar-refractivity contribution >= 4 is 24.3 Å². The van der Waals surface area contributed by atoms with Crippen molar-refractivity contribution in [1.82, 2.24) is 9.80 Å². The lowest BCUT2D eigenvalue weighted by atomic mass is 10.1. The van der Waals surface area contributed by atoms with Crippen LogP contribution >= 0.6 is 12.4 Å². The van der Waals surface area contributed by atoms with Crippen molar-refractivity contribution in [2.75, 3.05) is 32.7 Å². The zero-order valence-electron chi connectivity index (χ0n) is 14.7. The van der Waals surface area contributed by atoms with Gasteiger partial charge >= 0.3 is 5.97 Å². The van der Waals surface area contributed by atoms with E-state index in [4.69, 9.17) is 5.11 Å². The van der Waals surface area contributed by atoms with Gasteiger partial charge in [0.15, 0.2) is 0 Å². The third-order valence-corrected chi connectivity index (χ3v) is 4.53. The van der Waals surface area contributed by atoms with Gasteiger partial charge < -0.3 is 14.9 Å². The molecule has 0 saturated carbocycles. The molecule has 1 aromatic carbocycles. The number of carboxylic acids is 1. The number of nitrogens with zero attached hydrogens (tertiary/aromatic N) is 2. The number of aryl methyl sites for hydroxylation is 1. The van der Waals surface area contributed by atoms with Gasteiger partial charge in [-0.3, -0.25) is 9.59 Å².